The Hall–Kier alpha value is -1.17. The molecular weight excluding hydrogens is 168 g/mol. The van der Waals surface area contributed by atoms with E-state index in [4.69, 9.17) is 5.84 Å². The Bertz CT molecular complexity index is 257. The molecule has 5 nitrogen and oxygen atoms in total. The maximum atomic E-state index is 9.67. The van der Waals surface area contributed by atoms with Crippen molar-refractivity contribution in [2.45, 2.75) is 19.6 Å². The van der Waals surface area contributed by atoms with Crippen molar-refractivity contribution in [3.63, 3.8) is 0 Å². The van der Waals surface area contributed by atoms with E-state index in [0.717, 1.165) is 0 Å². The van der Waals surface area contributed by atoms with Crippen LogP contribution in [-0.2, 0) is 0 Å². The summed E-state index contributed by atoms with van der Waals surface area (Å²) < 4.78 is 0. The zero-order chi connectivity index (χ0) is 9.90. The number of nitrogens with one attached hydrogen (secondary N) is 1. The van der Waals surface area contributed by atoms with Crippen LogP contribution in [-0.4, -0.2) is 15.8 Å². The summed E-state index contributed by atoms with van der Waals surface area (Å²) >= 11 is 0. The lowest BCUT2D eigenvalue weighted by Crippen LogP contribution is -2.55. The lowest BCUT2D eigenvalue weighted by atomic mass is 10.3. The van der Waals surface area contributed by atoms with Crippen LogP contribution in [0.15, 0.2) is 24.4 Å². The smallest absolute Gasteiger partial charge is 0.149 e. The van der Waals surface area contributed by atoms with Gasteiger partial charge in [-0.25, -0.2) is 9.99 Å². The summed E-state index contributed by atoms with van der Waals surface area (Å²) in [6.45, 7) is 3.23. The van der Waals surface area contributed by atoms with Crippen LogP contribution >= 0.6 is 0 Å². The van der Waals surface area contributed by atoms with E-state index in [-0.39, 0.29) is 0 Å². The number of nitrogens with zero attached hydrogens (tertiary/aromatic N) is 2. The number of aromatic nitrogens is 1. The molecule has 0 atom stereocenters. The Morgan fingerprint density at radius 1 is 1.54 bits per heavy atom. The molecule has 0 aliphatic carbocycles. The second-order valence-corrected chi connectivity index (χ2v) is 3.15. The number of aliphatic hydroxyl groups is 1. The van der Waals surface area contributed by atoms with Crippen molar-refractivity contribution in [3.8, 4) is 0 Å². The first-order valence-corrected chi connectivity index (χ1v) is 3.95. The molecule has 0 saturated heterocycles. The standard InChI is InChI=1S/C8H14N4O/c1-8(2,13)12(11-9)7-5-3-4-6-10-7/h3-6,11,13H,9H2,1-2H3. The fourth-order valence-corrected chi connectivity index (χ4v) is 0.990. The van der Waals surface area contributed by atoms with Crippen molar-refractivity contribution >= 4 is 5.82 Å². The predicted octanol–water partition coefficient (Wildman–Crippen LogP) is -0.00530. The van der Waals surface area contributed by atoms with Gasteiger partial charge in [-0.2, -0.15) is 5.53 Å². The highest BCUT2D eigenvalue weighted by atomic mass is 16.3. The Morgan fingerprint density at radius 3 is 2.62 bits per heavy atom. The lowest BCUT2D eigenvalue weighted by molar-refractivity contribution is 0.0633. The van der Waals surface area contributed by atoms with Crippen molar-refractivity contribution in [2.75, 3.05) is 5.01 Å². The minimum Gasteiger partial charge on any atom is -0.370 e. The monoisotopic (exact) mass is 182 g/mol. The van der Waals surface area contributed by atoms with Gasteiger partial charge in [-0.3, -0.25) is 5.84 Å². The van der Waals surface area contributed by atoms with Crippen LogP contribution in [0.3, 0.4) is 0 Å². The SMILES string of the molecule is CC(C)(O)N(NN)c1ccccn1. The first-order valence-electron chi connectivity index (χ1n) is 3.95. The van der Waals surface area contributed by atoms with Crippen molar-refractivity contribution in [3.05, 3.63) is 24.4 Å². The third-order valence-corrected chi connectivity index (χ3v) is 1.55. The minimum atomic E-state index is -1.09. The number of hydrogen-bond donors (Lipinski definition) is 3. The Kier molecular flexibility index (Phi) is 2.82. The van der Waals surface area contributed by atoms with Crippen LogP contribution in [0.5, 0.6) is 0 Å². The van der Waals surface area contributed by atoms with E-state index < -0.39 is 5.72 Å². The molecule has 0 unspecified atom stereocenters. The number of anilines is 1. The highest BCUT2D eigenvalue weighted by Crippen LogP contribution is 2.15. The van der Waals surface area contributed by atoms with Gasteiger partial charge in [-0.15, -0.1) is 0 Å². The van der Waals surface area contributed by atoms with E-state index in [1.807, 2.05) is 6.07 Å². The molecule has 0 amide bonds. The van der Waals surface area contributed by atoms with Crippen LogP contribution in [0.25, 0.3) is 0 Å². The minimum absolute atomic E-state index is 0.567. The molecule has 0 aliphatic rings. The molecule has 0 saturated carbocycles. The van der Waals surface area contributed by atoms with Crippen LogP contribution < -0.4 is 16.4 Å². The van der Waals surface area contributed by atoms with E-state index in [2.05, 4.69) is 10.5 Å². The summed E-state index contributed by atoms with van der Waals surface area (Å²) in [5, 5.41) is 11.0. The molecule has 72 valence electrons. The molecule has 0 aromatic carbocycles. The second kappa shape index (κ2) is 3.69. The molecule has 13 heavy (non-hydrogen) atoms. The van der Waals surface area contributed by atoms with E-state index in [1.54, 1.807) is 32.2 Å². The molecule has 0 bridgehead atoms. The highest BCUT2D eigenvalue weighted by molar-refractivity contribution is 5.37. The molecule has 4 N–H and O–H groups in total. The number of hydrogen-bond acceptors (Lipinski definition) is 5. The van der Waals surface area contributed by atoms with Gasteiger partial charge in [-0.05, 0) is 26.0 Å². The summed E-state index contributed by atoms with van der Waals surface area (Å²) in [5.74, 6) is 5.83. The molecule has 1 aromatic rings. The molecule has 1 aromatic heterocycles. The lowest BCUT2D eigenvalue weighted by Gasteiger charge is -2.33. The first-order chi connectivity index (χ1) is 6.05. The molecule has 1 rings (SSSR count). The average molecular weight is 182 g/mol. The fourth-order valence-electron chi connectivity index (χ4n) is 0.990. The first kappa shape index (κ1) is 9.91. The van der Waals surface area contributed by atoms with Gasteiger partial charge in [0.2, 0.25) is 0 Å². The van der Waals surface area contributed by atoms with Crippen LogP contribution in [0, 0.1) is 0 Å². The van der Waals surface area contributed by atoms with Gasteiger partial charge < -0.3 is 5.11 Å². The van der Waals surface area contributed by atoms with Gasteiger partial charge in [-0.1, -0.05) is 6.07 Å². The quantitative estimate of drug-likeness (QED) is 0.348. The van der Waals surface area contributed by atoms with Crippen LogP contribution in [0.4, 0.5) is 5.82 Å². The molecule has 0 radical (unpaired) electrons. The van der Waals surface area contributed by atoms with Crippen LogP contribution in [0.2, 0.25) is 0 Å². The third kappa shape index (κ3) is 2.38. The molecule has 5 heteroatoms. The van der Waals surface area contributed by atoms with E-state index in [1.165, 1.54) is 5.01 Å². The van der Waals surface area contributed by atoms with Gasteiger partial charge in [0.25, 0.3) is 0 Å². The van der Waals surface area contributed by atoms with Gasteiger partial charge in [0, 0.05) is 6.20 Å². The average Bonchev–Trinajstić information content (AvgIpc) is 2.05. The molecule has 0 aliphatic heterocycles. The van der Waals surface area contributed by atoms with E-state index in [9.17, 15) is 5.11 Å². The van der Waals surface area contributed by atoms with Crippen molar-refractivity contribution in [2.24, 2.45) is 5.84 Å². The highest BCUT2D eigenvalue weighted by Gasteiger charge is 2.23. The van der Waals surface area contributed by atoms with E-state index >= 15 is 0 Å². The Labute approximate surface area is 77.1 Å². The maximum Gasteiger partial charge on any atom is 0.149 e. The van der Waals surface area contributed by atoms with Crippen LogP contribution in [0.1, 0.15) is 13.8 Å². The molecule has 0 spiro atoms. The van der Waals surface area contributed by atoms with Gasteiger partial charge in [0.1, 0.15) is 11.5 Å². The van der Waals surface area contributed by atoms with Crippen molar-refractivity contribution in [1.29, 1.82) is 0 Å². The topological polar surface area (TPSA) is 74.4 Å². The van der Waals surface area contributed by atoms with Gasteiger partial charge >= 0.3 is 0 Å². The summed E-state index contributed by atoms with van der Waals surface area (Å²) in [6.07, 6.45) is 1.63. The summed E-state index contributed by atoms with van der Waals surface area (Å²) in [4.78, 5) is 4.04. The summed E-state index contributed by atoms with van der Waals surface area (Å²) in [6, 6.07) is 5.36. The zero-order valence-corrected chi connectivity index (χ0v) is 7.73. The normalized spacial score (nSPS) is 11.4. The van der Waals surface area contributed by atoms with Crippen molar-refractivity contribution in [1.82, 2.24) is 10.5 Å². The maximum absolute atomic E-state index is 9.67. The largest absolute Gasteiger partial charge is 0.370 e. The van der Waals surface area contributed by atoms with E-state index in [0.29, 0.717) is 5.82 Å². The number of nitrogens with two attached hydrogens (primary N) is 1. The fraction of sp³-hybridized carbons (Fsp3) is 0.375. The third-order valence-electron chi connectivity index (χ3n) is 1.55. The predicted molar refractivity (Wildman–Crippen MR) is 50.3 cm³/mol. The zero-order valence-electron chi connectivity index (χ0n) is 7.73. The summed E-state index contributed by atoms with van der Waals surface area (Å²) in [7, 11) is 0. The second-order valence-electron chi connectivity index (χ2n) is 3.15. The molecule has 0 fully saturated rings. The van der Waals surface area contributed by atoms with Gasteiger partial charge in [0.15, 0.2) is 0 Å². The van der Waals surface area contributed by atoms with Gasteiger partial charge in [0.05, 0.1) is 0 Å². The van der Waals surface area contributed by atoms with Crippen molar-refractivity contribution < 1.29 is 5.11 Å². The Balaban J connectivity index is 2.92. The summed E-state index contributed by atoms with van der Waals surface area (Å²) in [5.41, 5.74) is 1.28. The number of pyridine rings is 1. The Morgan fingerprint density at radius 2 is 2.23 bits per heavy atom. The molecule has 1 heterocycles. The molecular formula is C8H14N4O. The number of hydrazine groups is 2. The number of rotatable bonds is 3.